The summed E-state index contributed by atoms with van der Waals surface area (Å²) in [4.78, 5) is 19.8. The van der Waals surface area contributed by atoms with Crippen LogP contribution in [0.2, 0.25) is 0 Å². The number of benzene rings is 3. The van der Waals surface area contributed by atoms with Crippen molar-refractivity contribution in [2.24, 2.45) is 0 Å². The van der Waals surface area contributed by atoms with E-state index >= 15 is 0 Å². The van der Waals surface area contributed by atoms with Crippen LogP contribution in [0.3, 0.4) is 0 Å². The second-order valence-electron chi connectivity index (χ2n) is 6.38. The van der Waals surface area contributed by atoms with Crippen LogP contribution in [0.15, 0.2) is 78.9 Å². The SMILES string of the molecule is O=[N+]([O-])c1ccc(-c2nc(NCCc3ccccc3)c3ccccc3n2)cc1. The number of anilines is 1. The van der Waals surface area contributed by atoms with Gasteiger partial charge in [0.1, 0.15) is 5.82 Å². The lowest BCUT2D eigenvalue weighted by Crippen LogP contribution is -2.08. The molecule has 1 heterocycles. The normalized spacial score (nSPS) is 10.7. The predicted molar refractivity (Wildman–Crippen MR) is 110 cm³/mol. The van der Waals surface area contributed by atoms with Crippen molar-refractivity contribution < 1.29 is 4.92 Å². The van der Waals surface area contributed by atoms with E-state index < -0.39 is 4.92 Å². The first-order valence-electron chi connectivity index (χ1n) is 9.00. The molecule has 6 nitrogen and oxygen atoms in total. The molecule has 0 fully saturated rings. The zero-order valence-electron chi connectivity index (χ0n) is 15.1. The number of hydrogen-bond acceptors (Lipinski definition) is 5. The van der Waals surface area contributed by atoms with Gasteiger partial charge in [-0.1, -0.05) is 42.5 Å². The van der Waals surface area contributed by atoms with Gasteiger partial charge < -0.3 is 5.32 Å². The highest BCUT2D eigenvalue weighted by Gasteiger charge is 2.11. The molecular weight excluding hydrogens is 352 g/mol. The van der Waals surface area contributed by atoms with Gasteiger partial charge in [0.05, 0.1) is 10.4 Å². The molecule has 0 unspecified atom stereocenters. The molecule has 0 radical (unpaired) electrons. The van der Waals surface area contributed by atoms with Crippen molar-refractivity contribution in [2.45, 2.75) is 6.42 Å². The van der Waals surface area contributed by atoms with Crippen LogP contribution in [0.4, 0.5) is 11.5 Å². The number of non-ortho nitro benzene ring substituents is 1. The van der Waals surface area contributed by atoms with Gasteiger partial charge in [-0.15, -0.1) is 0 Å². The predicted octanol–water partition coefficient (Wildman–Crippen LogP) is 4.86. The van der Waals surface area contributed by atoms with Crippen LogP contribution in [-0.2, 0) is 6.42 Å². The van der Waals surface area contributed by atoms with E-state index in [0.29, 0.717) is 5.82 Å². The van der Waals surface area contributed by atoms with Crippen molar-refractivity contribution in [3.63, 3.8) is 0 Å². The van der Waals surface area contributed by atoms with E-state index in [2.05, 4.69) is 27.4 Å². The maximum atomic E-state index is 10.9. The Hall–Kier alpha value is -3.80. The highest BCUT2D eigenvalue weighted by Crippen LogP contribution is 2.26. The van der Waals surface area contributed by atoms with E-state index in [-0.39, 0.29) is 5.69 Å². The summed E-state index contributed by atoms with van der Waals surface area (Å²) in [6.07, 6.45) is 0.881. The Morgan fingerprint density at radius 2 is 1.57 bits per heavy atom. The number of nitrogens with zero attached hydrogens (tertiary/aromatic N) is 3. The molecule has 4 aromatic rings. The minimum Gasteiger partial charge on any atom is -0.369 e. The fraction of sp³-hybridized carbons (Fsp3) is 0.0909. The van der Waals surface area contributed by atoms with Crippen LogP contribution in [0.25, 0.3) is 22.3 Å². The van der Waals surface area contributed by atoms with Crippen LogP contribution in [0, 0.1) is 10.1 Å². The summed E-state index contributed by atoms with van der Waals surface area (Å²) < 4.78 is 0. The molecule has 138 valence electrons. The Balaban J connectivity index is 1.64. The molecule has 0 amide bonds. The first-order chi connectivity index (χ1) is 13.7. The second kappa shape index (κ2) is 7.84. The van der Waals surface area contributed by atoms with E-state index in [4.69, 9.17) is 0 Å². The Morgan fingerprint density at radius 3 is 2.32 bits per heavy atom. The van der Waals surface area contributed by atoms with Crippen molar-refractivity contribution in [3.8, 4) is 11.4 Å². The number of nitrogens with one attached hydrogen (secondary N) is 1. The number of hydrogen-bond donors (Lipinski definition) is 1. The van der Waals surface area contributed by atoms with Crippen LogP contribution in [0.1, 0.15) is 5.56 Å². The van der Waals surface area contributed by atoms with Gasteiger partial charge in [0.15, 0.2) is 5.82 Å². The molecule has 28 heavy (non-hydrogen) atoms. The van der Waals surface area contributed by atoms with Gasteiger partial charge in [0.2, 0.25) is 0 Å². The third-order valence-corrected chi connectivity index (χ3v) is 4.49. The molecular formula is C22H18N4O2. The minimum atomic E-state index is -0.415. The van der Waals surface area contributed by atoms with Crippen molar-refractivity contribution in [1.29, 1.82) is 0 Å². The first-order valence-corrected chi connectivity index (χ1v) is 9.00. The summed E-state index contributed by atoms with van der Waals surface area (Å²) in [7, 11) is 0. The van der Waals surface area contributed by atoms with Crippen molar-refractivity contribution in [2.75, 3.05) is 11.9 Å². The highest BCUT2D eigenvalue weighted by atomic mass is 16.6. The number of para-hydroxylation sites is 1. The number of nitro benzene ring substituents is 1. The number of fused-ring (bicyclic) bond motifs is 1. The Morgan fingerprint density at radius 1 is 0.857 bits per heavy atom. The highest BCUT2D eigenvalue weighted by molar-refractivity contribution is 5.90. The van der Waals surface area contributed by atoms with Gasteiger partial charge in [0, 0.05) is 29.6 Å². The maximum Gasteiger partial charge on any atom is 0.269 e. The molecule has 0 aliphatic heterocycles. The second-order valence-corrected chi connectivity index (χ2v) is 6.38. The Kier molecular flexibility index (Phi) is 4.93. The molecule has 0 saturated heterocycles. The van der Waals surface area contributed by atoms with Crippen LogP contribution >= 0.6 is 0 Å². The Labute approximate surface area is 162 Å². The van der Waals surface area contributed by atoms with E-state index in [9.17, 15) is 10.1 Å². The zero-order chi connectivity index (χ0) is 19.3. The summed E-state index contributed by atoms with van der Waals surface area (Å²) >= 11 is 0. The van der Waals surface area contributed by atoms with E-state index in [0.717, 1.165) is 35.2 Å². The smallest absolute Gasteiger partial charge is 0.269 e. The average Bonchev–Trinajstić information content (AvgIpc) is 2.74. The zero-order valence-corrected chi connectivity index (χ0v) is 15.1. The Bertz CT molecular complexity index is 1110. The molecule has 0 atom stereocenters. The quantitative estimate of drug-likeness (QED) is 0.387. The molecule has 0 spiro atoms. The lowest BCUT2D eigenvalue weighted by Gasteiger charge is -2.11. The molecule has 1 N–H and O–H groups in total. The van der Waals surface area contributed by atoms with Gasteiger partial charge in [-0.25, -0.2) is 9.97 Å². The van der Waals surface area contributed by atoms with Crippen LogP contribution in [0.5, 0.6) is 0 Å². The molecule has 0 bridgehead atoms. The number of nitro groups is 1. The van der Waals surface area contributed by atoms with Crippen LogP contribution in [-0.4, -0.2) is 21.4 Å². The van der Waals surface area contributed by atoms with Crippen molar-refractivity contribution >= 4 is 22.4 Å². The van der Waals surface area contributed by atoms with Gasteiger partial charge in [-0.3, -0.25) is 10.1 Å². The van der Waals surface area contributed by atoms with Crippen molar-refractivity contribution in [1.82, 2.24) is 9.97 Å². The van der Waals surface area contributed by atoms with Gasteiger partial charge >= 0.3 is 0 Å². The van der Waals surface area contributed by atoms with Gasteiger partial charge in [-0.05, 0) is 36.2 Å². The summed E-state index contributed by atoms with van der Waals surface area (Å²) in [6, 6.07) is 24.4. The van der Waals surface area contributed by atoms with E-state index in [1.807, 2.05) is 42.5 Å². The molecule has 4 rings (SSSR count). The largest absolute Gasteiger partial charge is 0.369 e. The van der Waals surface area contributed by atoms with Gasteiger partial charge in [0.25, 0.3) is 5.69 Å². The minimum absolute atomic E-state index is 0.0470. The molecule has 0 aliphatic carbocycles. The standard InChI is InChI=1S/C22H18N4O2/c27-26(28)18-12-10-17(11-13-18)21-24-20-9-5-4-8-19(20)22(25-21)23-15-14-16-6-2-1-3-7-16/h1-13H,14-15H2,(H,23,24,25). The van der Waals surface area contributed by atoms with Crippen molar-refractivity contribution in [3.05, 3.63) is 94.5 Å². The molecule has 6 heteroatoms. The molecule has 0 aliphatic rings. The first kappa shape index (κ1) is 17.6. The monoisotopic (exact) mass is 370 g/mol. The number of aromatic nitrogens is 2. The van der Waals surface area contributed by atoms with Crippen LogP contribution < -0.4 is 5.32 Å². The third kappa shape index (κ3) is 3.81. The topological polar surface area (TPSA) is 81.0 Å². The van der Waals surface area contributed by atoms with E-state index in [1.165, 1.54) is 17.7 Å². The summed E-state index contributed by atoms with van der Waals surface area (Å²) in [6.45, 7) is 0.741. The van der Waals surface area contributed by atoms with E-state index in [1.54, 1.807) is 12.1 Å². The summed E-state index contributed by atoms with van der Waals surface area (Å²) in [5.41, 5.74) is 2.87. The summed E-state index contributed by atoms with van der Waals surface area (Å²) in [5.74, 6) is 1.30. The lowest BCUT2D eigenvalue weighted by molar-refractivity contribution is -0.384. The molecule has 1 aromatic heterocycles. The fourth-order valence-corrected chi connectivity index (χ4v) is 3.04. The fourth-order valence-electron chi connectivity index (χ4n) is 3.04. The maximum absolute atomic E-state index is 10.9. The lowest BCUT2D eigenvalue weighted by atomic mass is 10.1. The third-order valence-electron chi connectivity index (χ3n) is 4.49. The molecule has 3 aromatic carbocycles. The summed E-state index contributed by atoms with van der Waals surface area (Å²) in [5, 5.41) is 15.2. The average molecular weight is 370 g/mol. The van der Waals surface area contributed by atoms with Gasteiger partial charge in [-0.2, -0.15) is 0 Å². The molecule has 0 saturated carbocycles. The number of rotatable bonds is 6.